The Morgan fingerprint density at radius 1 is 1.20 bits per heavy atom. The van der Waals surface area contributed by atoms with Gasteiger partial charge in [-0.05, 0) is 30.9 Å². The molecule has 2 N–H and O–H groups in total. The molecule has 1 heterocycles. The number of para-hydroxylation sites is 1. The van der Waals surface area contributed by atoms with Gasteiger partial charge in [0.1, 0.15) is 5.75 Å². The second-order valence-electron chi connectivity index (χ2n) is 4.94. The first-order chi connectivity index (χ1) is 11.7. The largest absolute Gasteiger partial charge is 0.434 e. The highest BCUT2D eigenvalue weighted by Gasteiger charge is 2.09. The first-order valence-corrected chi connectivity index (χ1v) is 8.64. The molecule has 1 aromatic carbocycles. The third kappa shape index (κ3) is 8.00. The molecule has 0 fully saturated rings. The lowest BCUT2D eigenvalue weighted by atomic mass is 10.2. The molecule has 0 aliphatic heterocycles. The first kappa shape index (κ1) is 21.6. The fourth-order valence-corrected chi connectivity index (χ4v) is 2.82. The average molecular weight is 481 g/mol. The molecule has 0 amide bonds. The molecular formula is C17H22F2IN3OS. The molecule has 0 unspecified atom stereocenters. The second kappa shape index (κ2) is 12.0. The summed E-state index contributed by atoms with van der Waals surface area (Å²) in [6.07, 6.45) is 0.910. The summed E-state index contributed by atoms with van der Waals surface area (Å²) in [5.41, 5.74) is 0.619. The lowest BCUT2D eigenvalue weighted by molar-refractivity contribution is -0.0504. The SMILES string of the molecule is CCNC(=NCc1ccccc1OC(F)F)NCCc1cccs1.I. The van der Waals surface area contributed by atoms with E-state index in [9.17, 15) is 8.78 Å². The molecule has 138 valence electrons. The van der Waals surface area contributed by atoms with Crippen molar-refractivity contribution in [2.24, 2.45) is 4.99 Å². The molecule has 0 aliphatic rings. The minimum absolute atomic E-state index is 0. The Morgan fingerprint density at radius 2 is 2.00 bits per heavy atom. The topological polar surface area (TPSA) is 45.7 Å². The average Bonchev–Trinajstić information content (AvgIpc) is 3.06. The summed E-state index contributed by atoms with van der Waals surface area (Å²) in [5.74, 6) is 0.812. The van der Waals surface area contributed by atoms with Crippen LogP contribution in [0.2, 0.25) is 0 Å². The van der Waals surface area contributed by atoms with E-state index in [0.29, 0.717) is 11.5 Å². The quantitative estimate of drug-likeness (QED) is 0.337. The van der Waals surface area contributed by atoms with Crippen molar-refractivity contribution in [3.63, 3.8) is 0 Å². The van der Waals surface area contributed by atoms with Crippen molar-refractivity contribution in [1.29, 1.82) is 0 Å². The fraction of sp³-hybridized carbons (Fsp3) is 0.353. The summed E-state index contributed by atoms with van der Waals surface area (Å²) in [7, 11) is 0. The molecule has 0 aliphatic carbocycles. The van der Waals surface area contributed by atoms with Gasteiger partial charge in [-0.3, -0.25) is 0 Å². The smallest absolute Gasteiger partial charge is 0.387 e. The second-order valence-corrected chi connectivity index (χ2v) is 5.97. The monoisotopic (exact) mass is 481 g/mol. The molecule has 0 saturated heterocycles. The number of nitrogens with zero attached hydrogens (tertiary/aromatic N) is 1. The maximum absolute atomic E-state index is 12.4. The Labute approximate surface area is 167 Å². The van der Waals surface area contributed by atoms with E-state index in [4.69, 9.17) is 0 Å². The molecule has 0 atom stereocenters. The van der Waals surface area contributed by atoms with Gasteiger partial charge in [0, 0.05) is 23.5 Å². The van der Waals surface area contributed by atoms with Crippen molar-refractivity contribution in [3.05, 3.63) is 52.2 Å². The molecule has 4 nitrogen and oxygen atoms in total. The zero-order valence-corrected chi connectivity index (χ0v) is 17.0. The summed E-state index contributed by atoms with van der Waals surface area (Å²) in [6.45, 7) is 0.871. The fourth-order valence-electron chi connectivity index (χ4n) is 2.11. The number of aliphatic imine (C=N–C) groups is 1. The Bertz CT molecular complexity index is 639. The standard InChI is InChI=1S/C17H21F2N3OS.HI/c1-2-20-17(21-10-9-14-7-5-11-24-14)22-12-13-6-3-4-8-15(13)23-16(18)19;/h3-8,11,16H,2,9-10,12H2,1H3,(H2,20,21,22);1H. The third-order valence-electron chi connectivity index (χ3n) is 3.18. The van der Waals surface area contributed by atoms with Gasteiger partial charge >= 0.3 is 6.61 Å². The number of halogens is 3. The van der Waals surface area contributed by atoms with Gasteiger partial charge < -0.3 is 15.4 Å². The van der Waals surface area contributed by atoms with Crippen LogP contribution >= 0.6 is 35.3 Å². The number of hydrogen-bond acceptors (Lipinski definition) is 3. The van der Waals surface area contributed by atoms with Gasteiger partial charge in [-0.1, -0.05) is 24.3 Å². The lowest BCUT2D eigenvalue weighted by Crippen LogP contribution is -2.38. The Hall–Kier alpha value is -1.42. The van der Waals surface area contributed by atoms with Crippen LogP contribution in [0.3, 0.4) is 0 Å². The van der Waals surface area contributed by atoms with E-state index < -0.39 is 6.61 Å². The van der Waals surface area contributed by atoms with E-state index in [2.05, 4.69) is 31.8 Å². The van der Waals surface area contributed by atoms with Crippen LogP contribution in [-0.4, -0.2) is 25.7 Å². The van der Waals surface area contributed by atoms with Crippen LogP contribution in [0.4, 0.5) is 8.78 Å². The van der Waals surface area contributed by atoms with E-state index in [1.54, 1.807) is 29.5 Å². The predicted octanol–water partition coefficient (Wildman–Crippen LogP) is 4.27. The molecule has 2 aromatic rings. The van der Waals surface area contributed by atoms with Crippen molar-refractivity contribution in [1.82, 2.24) is 10.6 Å². The van der Waals surface area contributed by atoms with Gasteiger partial charge in [-0.15, -0.1) is 35.3 Å². The molecule has 1 aromatic heterocycles. The van der Waals surface area contributed by atoms with E-state index in [-0.39, 0.29) is 36.3 Å². The molecule has 0 spiro atoms. The van der Waals surface area contributed by atoms with Gasteiger partial charge in [-0.25, -0.2) is 4.99 Å². The normalized spacial score (nSPS) is 11.1. The number of thiophene rings is 1. The third-order valence-corrected chi connectivity index (χ3v) is 4.12. The van der Waals surface area contributed by atoms with Crippen LogP contribution in [-0.2, 0) is 13.0 Å². The molecule has 2 rings (SSSR count). The van der Waals surface area contributed by atoms with Crippen LogP contribution in [0.25, 0.3) is 0 Å². The van der Waals surface area contributed by atoms with Crippen LogP contribution in [0, 0.1) is 0 Å². The van der Waals surface area contributed by atoms with Gasteiger partial charge in [0.05, 0.1) is 6.54 Å². The van der Waals surface area contributed by atoms with E-state index in [0.717, 1.165) is 19.5 Å². The number of hydrogen-bond donors (Lipinski definition) is 2. The van der Waals surface area contributed by atoms with Gasteiger partial charge in [-0.2, -0.15) is 8.78 Å². The van der Waals surface area contributed by atoms with Crippen molar-refractivity contribution < 1.29 is 13.5 Å². The predicted molar refractivity (Wildman–Crippen MR) is 109 cm³/mol. The summed E-state index contributed by atoms with van der Waals surface area (Å²) in [4.78, 5) is 5.74. The van der Waals surface area contributed by atoms with Crippen LogP contribution in [0.5, 0.6) is 5.75 Å². The highest BCUT2D eigenvalue weighted by atomic mass is 127. The number of benzene rings is 1. The Morgan fingerprint density at radius 3 is 2.68 bits per heavy atom. The van der Waals surface area contributed by atoms with E-state index >= 15 is 0 Å². The van der Waals surface area contributed by atoms with Crippen molar-refractivity contribution in [2.45, 2.75) is 26.5 Å². The first-order valence-electron chi connectivity index (χ1n) is 7.76. The summed E-state index contributed by atoms with van der Waals surface area (Å²) in [5, 5.41) is 8.44. The molecule has 0 bridgehead atoms. The molecule has 25 heavy (non-hydrogen) atoms. The zero-order valence-electron chi connectivity index (χ0n) is 13.9. The highest BCUT2D eigenvalue weighted by molar-refractivity contribution is 14.0. The number of guanidine groups is 1. The molecule has 0 radical (unpaired) electrons. The van der Waals surface area contributed by atoms with Crippen LogP contribution in [0.1, 0.15) is 17.4 Å². The number of ether oxygens (including phenoxy) is 1. The molecular weight excluding hydrogens is 459 g/mol. The molecule has 8 heteroatoms. The lowest BCUT2D eigenvalue weighted by Gasteiger charge is -2.12. The molecule has 0 saturated carbocycles. The van der Waals surface area contributed by atoms with Crippen molar-refractivity contribution in [2.75, 3.05) is 13.1 Å². The maximum Gasteiger partial charge on any atom is 0.387 e. The summed E-state index contributed by atoms with van der Waals surface area (Å²) < 4.78 is 29.4. The van der Waals surface area contributed by atoms with Crippen LogP contribution < -0.4 is 15.4 Å². The maximum atomic E-state index is 12.4. The Balaban J connectivity index is 0.00000312. The number of alkyl halides is 2. The van der Waals surface area contributed by atoms with Gasteiger partial charge in [0.25, 0.3) is 0 Å². The van der Waals surface area contributed by atoms with E-state index in [1.165, 1.54) is 10.9 Å². The summed E-state index contributed by atoms with van der Waals surface area (Å²) >= 11 is 1.72. The minimum Gasteiger partial charge on any atom is -0.434 e. The highest BCUT2D eigenvalue weighted by Crippen LogP contribution is 2.20. The zero-order chi connectivity index (χ0) is 17.2. The van der Waals surface area contributed by atoms with Crippen LogP contribution in [0.15, 0.2) is 46.8 Å². The van der Waals surface area contributed by atoms with Gasteiger partial charge in [0.2, 0.25) is 0 Å². The van der Waals surface area contributed by atoms with Gasteiger partial charge in [0.15, 0.2) is 5.96 Å². The number of nitrogens with one attached hydrogen (secondary N) is 2. The summed E-state index contributed by atoms with van der Waals surface area (Å²) in [6, 6.07) is 10.8. The minimum atomic E-state index is -2.84. The Kier molecular flexibility index (Phi) is 10.4. The van der Waals surface area contributed by atoms with Crippen molar-refractivity contribution in [3.8, 4) is 5.75 Å². The number of rotatable bonds is 8. The van der Waals surface area contributed by atoms with Crippen molar-refractivity contribution >= 4 is 41.3 Å². The van der Waals surface area contributed by atoms with E-state index in [1.807, 2.05) is 13.0 Å².